The number of nitrogens with zero attached hydrogens (tertiary/aromatic N) is 1. The highest BCUT2D eigenvalue weighted by atomic mass is 127. The molecule has 0 aliphatic carbocycles. The van der Waals surface area contributed by atoms with Crippen LogP contribution in [0, 0.1) is 3.57 Å². The average molecular weight is 386 g/mol. The summed E-state index contributed by atoms with van der Waals surface area (Å²) in [6.07, 6.45) is -4.46. The first kappa shape index (κ1) is 16.2. The summed E-state index contributed by atoms with van der Waals surface area (Å²) in [5.41, 5.74) is 4.64. The van der Waals surface area contributed by atoms with E-state index < -0.39 is 17.6 Å². The number of halogens is 4. The Morgan fingerprint density at radius 1 is 1.42 bits per heavy atom. The third-order valence-corrected chi connectivity index (χ3v) is 3.42. The fourth-order valence-corrected chi connectivity index (χ4v) is 2.11. The first-order valence-corrected chi connectivity index (χ1v) is 6.59. The van der Waals surface area contributed by atoms with Gasteiger partial charge in [0.15, 0.2) is 0 Å². The molecule has 0 aliphatic heterocycles. The minimum atomic E-state index is -4.46. The Hall–Kier alpha value is -0.830. The quantitative estimate of drug-likeness (QED) is 0.813. The van der Waals surface area contributed by atoms with Crippen molar-refractivity contribution in [1.82, 2.24) is 4.90 Å². The summed E-state index contributed by atoms with van der Waals surface area (Å²) in [5.74, 6) is -0.470. The van der Waals surface area contributed by atoms with Crippen LogP contribution in [-0.2, 0) is 6.18 Å². The van der Waals surface area contributed by atoms with E-state index in [1.807, 2.05) is 0 Å². The summed E-state index contributed by atoms with van der Waals surface area (Å²) in [4.78, 5) is 13.4. The Balaban J connectivity index is 3.14. The van der Waals surface area contributed by atoms with Crippen molar-refractivity contribution in [1.29, 1.82) is 0 Å². The summed E-state index contributed by atoms with van der Waals surface area (Å²) >= 11 is 1.76. The maximum absolute atomic E-state index is 12.7. The summed E-state index contributed by atoms with van der Waals surface area (Å²) in [5, 5.41) is 0. The Labute approximate surface area is 123 Å². The van der Waals surface area contributed by atoms with Crippen molar-refractivity contribution in [2.24, 2.45) is 5.73 Å². The minimum absolute atomic E-state index is 0.0158. The molecule has 1 amide bonds. The monoisotopic (exact) mass is 386 g/mol. The van der Waals surface area contributed by atoms with Gasteiger partial charge >= 0.3 is 6.18 Å². The molecule has 1 rings (SSSR count). The van der Waals surface area contributed by atoms with Crippen molar-refractivity contribution in [2.75, 3.05) is 13.6 Å². The molecule has 19 heavy (non-hydrogen) atoms. The van der Waals surface area contributed by atoms with Crippen LogP contribution in [0.4, 0.5) is 13.2 Å². The zero-order valence-corrected chi connectivity index (χ0v) is 12.6. The largest absolute Gasteiger partial charge is 0.416 e. The Kier molecular flexibility index (Phi) is 5.19. The van der Waals surface area contributed by atoms with Gasteiger partial charge in [-0.25, -0.2) is 0 Å². The molecule has 106 valence electrons. The second kappa shape index (κ2) is 6.08. The number of carbonyl (C=O) groups excluding carboxylic acids is 1. The zero-order valence-electron chi connectivity index (χ0n) is 10.5. The molecule has 0 aromatic heterocycles. The van der Waals surface area contributed by atoms with Crippen LogP contribution in [0.2, 0.25) is 0 Å². The lowest BCUT2D eigenvalue weighted by Gasteiger charge is -2.24. The molecule has 1 unspecified atom stereocenters. The smallest absolute Gasteiger partial charge is 0.338 e. The van der Waals surface area contributed by atoms with Gasteiger partial charge in [-0.2, -0.15) is 13.2 Å². The molecule has 1 aromatic rings. The highest BCUT2D eigenvalue weighted by Gasteiger charge is 2.32. The highest BCUT2D eigenvalue weighted by molar-refractivity contribution is 14.1. The van der Waals surface area contributed by atoms with E-state index in [0.29, 0.717) is 3.57 Å². The first-order chi connectivity index (χ1) is 8.66. The van der Waals surface area contributed by atoms with Gasteiger partial charge < -0.3 is 10.6 Å². The van der Waals surface area contributed by atoms with Crippen LogP contribution in [0.3, 0.4) is 0 Å². The van der Waals surface area contributed by atoms with Gasteiger partial charge in [-0.15, -0.1) is 0 Å². The van der Waals surface area contributed by atoms with Gasteiger partial charge in [0.05, 0.1) is 5.56 Å². The number of alkyl halides is 3. The van der Waals surface area contributed by atoms with Crippen LogP contribution in [-0.4, -0.2) is 30.4 Å². The maximum Gasteiger partial charge on any atom is 0.416 e. The normalized spacial score (nSPS) is 13.2. The van der Waals surface area contributed by atoms with Gasteiger partial charge in [0.1, 0.15) is 0 Å². The average Bonchev–Trinajstić information content (AvgIpc) is 2.34. The Morgan fingerprint density at radius 2 is 2.00 bits per heavy atom. The molecule has 0 heterocycles. The van der Waals surface area contributed by atoms with Gasteiger partial charge in [0.2, 0.25) is 0 Å². The second-order valence-electron chi connectivity index (χ2n) is 4.23. The van der Waals surface area contributed by atoms with E-state index in [1.165, 1.54) is 18.0 Å². The number of hydrogen-bond donors (Lipinski definition) is 1. The van der Waals surface area contributed by atoms with Crippen molar-refractivity contribution < 1.29 is 18.0 Å². The molecule has 7 heteroatoms. The fraction of sp³-hybridized carbons (Fsp3) is 0.417. The van der Waals surface area contributed by atoms with E-state index >= 15 is 0 Å². The summed E-state index contributed by atoms with van der Waals surface area (Å²) in [6, 6.07) is 3.06. The third kappa shape index (κ3) is 4.07. The molecule has 2 N–H and O–H groups in total. The fourth-order valence-electron chi connectivity index (χ4n) is 1.44. The predicted molar refractivity (Wildman–Crippen MR) is 74.8 cm³/mol. The summed E-state index contributed by atoms with van der Waals surface area (Å²) in [6.45, 7) is 1.98. The van der Waals surface area contributed by atoms with Gasteiger partial charge in [-0.3, -0.25) is 4.79 Å². The van der Waals surface area contributed by atoms with Crippen LogP contribution in [0.15, 0.2) is 18.2 Å². The molecule has 0 saturated heterocycles. The number of amides is 1. The van der Waals surface area contributed by atoms with Crippen molar-refractivity contribution in [3.63, 3.8) is 0 Å². The van der Waals surface area contributed by atoms with Crippen LogP contribution in [0.25, 0.3) is 0 Å². The molecular weight excluding hydrogens is 372 g/mol. The molecule has 0 radical (unpaired) electrons. The molecule has 0 spiro atoms. The van der Waals surface area contributed by atoms with E-state index in [-0.39, 0.29) is 18.2 Å². The van der Waals surface area contributed by atoms with Crippen molar-refractivity contribution in [2.45, 2.75) is 19.1 Å². The minimum Gasteiger partial charge on any atom is -0.338 e. The number of benzene rings is 1. The molecule has 1 aromatic carbocycles. The van der Waals surface area contributed by atoms with E-state index in [9.17, 15) is 18.0 Å². The van der Waals surface area contributed by atoms with Crippen LogP contribution in [0.1, 0.15) is 22.8 Å². The van der Waals surface area contributed by atoms with Crippen molar-refractivity contribution >= 4 is 28.5 Å². The first-order valence-electron chi connectivity index (χ1n) is 5.51. The van der Waals surface area contributed by atoms with E-state index in [1.54, 1.807) is 29.5 Å². The number of likely N-dealkylation sites (N-methyl/N-ethyl adjacent to an activating group) is 1. The Morgan fingerprint density at radius 3 is 2.47 bits per heavy atom. The molecule has 1 atom stereocenters. The number of nitrogens with two attached hydrogens (primary N) is 1. The van der Waals surface area contributed by atoms with Gasteiger partial charge in [-0.1, -0.05) is 0 Å². The van der Waals surface area contributed by atoms with E-state index in [0.717, 1.165) is 12.1 Å². The number of hydrogen-bond acceptors (Lipinski definition) is 2. The zero-order chi connectivity index (χ0) is 14.8. The van der Waals surface area contributed by atoms with Crippen LogP contribution in [0.5, 0.6) is 0 Å². The molecule has 0 saturated carbocycles. The van der Waals surface area contributed by atoms with Gasteiger partial charge in [-0.05, 0) is 47.7 Å². The summed E-state index contributed by atoms with van der Waals surface area (Å²) in [7, 11) is 1.52. The van der Waals surface area contributed by atoms with E-state index in [2.05, 4.69) is 0 Å². The topological polar surface area (TPSA) is 46.3 Å². The predicted octanol–water partition coefficient (Wildman–Crippen LogP) is 2.73. The van der Waals surface area contributed by atoms with Gasteiger partial charge in [0, 0.05) is 28.8 Å². The lowest BCUT2D eigenvalue weighted by atomic mass is 10.1. The number of rotatable bonds is 3. The highest BCUT2D eigenvalue weighted by Crippen LogP contribution is 2.31. The van der Waals surface area contributed by atoms with Crippen LogP contribution >= 0.6 is 22.6 Å². The Bertz CT molecular complexity index is 477. The number of carbonyl (C=O) groups is 1. The molecule has 0 fully saturated rings. The van der Waals surface area contributed by atoms with E-state index in [4.69, 9.17) is 5.73 Å². The summed E-state index contributed by atoms with van der Waals surface area (Å²) < 4.78 is 38.4. The molecule has 0 bridgehead atoms. The third-order valence-electron chi connectivity index (χ3n) is 2.79. The SMILES string of the molecule is CC(CN)N(C)C(=O)c1cc(I)cc(C(F)(F)F)c1. The van der Waals surface area contributed by atoms with Gasteiger partial charge in [0.25, 0.3) is 5.91 Å². The van der Waals surface area contributed by atoms with Crippen molar-refractivity contribution in [3.05, 3.63) is 32.9 Å². The lowest BCUT2D eigenvalue weighted by molar-refractivity contribution is -0.137. The molecular formula is C12H14F3IN2O. The second-order valence-corrected chi connectivity index (χ2v) is 5.47. The van der Waals surface area contributed by atoms with Crippen molar-refractivity contribution in [3.8, 4) is 0 Å². The standard InChI is InChI=1S/C12H14F3IN2O/c1-7(6-17)18(2)11(19)8-3-9(12(13,14)15)5-10(16)4-8/h3-5,7H,6,17H2,1-2H3. The molecule has 3 nitrogen and oxygen atoms in total. The molecule has 0 aliphatic rings. The maximum atomic E-state index is 12.7. The van der Waals surface area contributed by atoms with Crippen LogP contribution < -0.4 is 5.73 Å². The lowest BCUT2D eigenvalue weighted by Crippen LogP contribution is -2.39.